The first-order valence-corrected chi connectivity index (χ1v) is 8.77. The number of fused-ring (bicyclic) bond motifs is 1. The fourth-order valence-corrected chi connectivity index (χ4v) is 2.69. The lowest BCUT2D eigenvalue weighted by atomic mass is 10.1. The van der Waals surface area contributed by atoms with Crippen LogP contribution in [0.5, 0.6) is 11.5 Å². The second-order valence-electron chi connectivity index (χ2n) is 5.23. The van der Waals surface area contributed by atoms with Gasteiger partial charge < -0.3 is 8.92 Å². The zero-order valence-electron chi connectivity index (χ0n) is 12.8. The van der Waals surface area contributed by atoms with Crippen LogP contribution in [0.4, 0.5) is 5.69 Å². The van der Waals surface area contributed by atoms with E-state index in [-0.39, 0.29) is 34.3 Å². The molecule has 3 rings (SSSR count). The molecule has 0 saturated carbocycles. The summed E-state index contributed by atoms with van der Waals surface area (Å²) in [5.41, 5.74) is 0.759. The first-order chi connectivity index (χ1) is 11.7. The van der Waals surface area contributed by atoms with Crippen molar-refractivity contribution in [1.82, 2.24) is 0 Å². The van der Waals surface area contributed by atoms with E-state index in [1.165, 1.54) is 48.5 Å². The molecular weight excluding hydrogens is 350 g/mol. The Balaban J connectivity index is 1.87. The summed E-state index contributed by atoms with van der Waals surface area (Å²) in [7, 11) is -3.69. The van der Waals surface area contributed by atoms with E-state index in [0.29, 0.717) is 5.56 Å². The van der Waals surface area contributed by atoms with E-state index in [1.54, 1.807) is 0 Å². The molecule has 0 aliphatic carbocycles. The van der Waals surface area contributed by atoms with Crippen LogP contribution in [0.2, 0.25) is 0 Å². The highest BCUT2D eigenvalue weighted by molar-refractivity contribution is 7.86. The lowest BCUT2D eigenvalue weighted by molar-refractivity contribution is -0.384. The number of nitro benzene ring substituents is 1. The Hall–Kier alpha value is -3.20. The quantitative estimate of drug-likeness (QED) is 0.356. The van der Waals surface area contributed by atoms with Crippen LogP contribution in [-0.2, 0) is 10.1 Å². The minimum absolute atomic E-state index is 0.0281. The summed E-state index contributed by atoms with van der Waals surface area (Å²) in [6.45, 7) is 0. The van der Waals surface area contributed by atoms with Gasteiger partial charge >= 0.3 is 10.1 Å². The van der Waals surface area contributed by atoms with Gasteiger partial charge in [0.2, 0.25) is 5.78 Å². The van der Waals surface area contributed by atoms with Crippen molar-refractivity contribution in [2.24, 2.45) is 0 Å². The van der Waals surface area contributed by atoms with Crippen LogP contribution in [0, 0.1) is 10.1 Å². The third kappa shape index (κ3) is 3.66. The predicted molar refractivity (Wildman–Crippen MR) is 87.9 cm³/mol. The molecule has 2 aromatic rings. The van der Waals surface area contributed by atoms with Crippen LogP contribution in [0.1, 0.15) is 15.9 Å². The van der Waals surface area contributed by atoms with E-state index in [1.807, 2.05) is 0 Å². The highest BCUT2D eigenvalue weighted by Crippen LogP contribution is 2.35. The third-order valence-corrected chi connectivity index (χ3v) is 3.79. The number of non-ortho nitro benzene ring substituents is 1. The van der Waals surface area contributed by atoms with Gasteiger partial charge in [-0.05, 0) is 35.9 Å². The summed E-state index contributed by atoms with van der Waals surface area (Å²) in [4.78, 5) is 22.4. The van der Waals surface area contributed by atoms with Crippen LogP contribution in [0.15, 0.2) is 48.2 Å². The number of Topliss-reactive ketones (excluding diaryl/α,β-unsaturated/α-hetero) is 1. The van der Waals surface area contributed by atoms with Crippen molar-refractivity contribution >= 4 is 27.7 Å². The maximum atomic E-state index is 12.3. The number of rotatable bonds is 4. The molecule has 0 bridgehead atoms. The van der Waals surface area contributed by atoms with Crippen molar-refractivity contribution in [2.45, 2.75) is 0 Å². The number of benzene rings is 2. The number of allylic oxidation sites excluding steroid dienone is 1. The van der Waals surface area contributed by atoms with Crippen LogP contribution in [0.25, 0.3) is 6.08 Å². The van der Waals surface area contributed by atoms with Gasteiger partial charge in [0.15, 0.2) is 5.76 Å². The van der Waals surface area contributed by atoms with E-state index in [0.717, 1.165) is 6.26 Å². The summed E-state index contributed by atoms with van der Waals surface area (Å²) in [5, 5.41) is 10.6. The maximum absolute atomic E-state index is 12.3. The Morgan fingerprint density at radius 2 is 1.84 bits per heavy atom. The molecule has 0 aromatic heterocycles. The molecule has 0 saturated heterocycles. The zero-order valence-corrected chi connectivity index (χ0v) is 13.6. The fourth-order valence-electron chi connectivity index (χ4n) is 2.24. The van der Waals surface area contributed by atoms with Gasteiger partial charge in [0, 0.05) is 18.2 Å². The Kier molecular flexibility index (Phi) is 4.01. The number of hydrogen-bond donors (Lipinski definition) is 0. The molecule has 0 unspecified atom stereocenters. The van der Waals surface area contributed by atoms with Crippen LogP contribution >= 0.6 is 0 Å². The van der Waals surface area contributed by atoms with Gasteiger partial charge in [-0.15, -0.1) is 0 Å². The number of carbonyl (C=O) groups excluding carboxylic acids is 1. The Labute approximate surface area is 142 Å². The van der Waals surface area contributed by atoms with Crippen molar-refractivity contribution < 1.29 is 27.1 Å². The van der Waals surface area contributed by atoms with Gasteiger partial charge in [-0.3, -0.25) is 14.9 Å². The highest BCUT2D eigenvalue weighted by atomic mass is 32.2. The molecule has 0 atom stereocenters. The Morgan fingerprint density at radius 3 is 2.44 bits per heavy atom. The number of ether oxygens (including phenoxy) is 1. The molecule has 2 aromatic carbocycles. The number of carbonyl (C=O) groups is 1. The normalized spacial score (nSPS) is 14.9. The van der Waals surface area contributed by atoms with Gasteiger partial charge in [-0.1, -0.05) is 0 Å². The second-order valence-corrected chi connectivity index (χ2v) is 6.81. The zero-order chi connectivity index (χ0) is 18.2. The Bertz CT molecular complexity index is 1010. The first kappa shape index (κ1) is 16.7. The molecule has 128 valence electrons. The lowest BCUT2D eigenvalue weighted by Gasteiger charge is -2.03. The van der Waals surface area contributed by atoms with E-state index in [2.05, 4.69) is 0 Å². The van der Waals surface area contributed by atoms with Crippen LogP contribution in [-0.4, -0.2) is 25.4 Å². The molecule has 25 heavy (non-hydrogen) atoms. The molecule has 0 fully saturated rings. The molecule has 0 radical (unpaired) electrons. The molecule has 0 spiro atoms. The van der Waals surface area contributed by atoms with Crippen molar-refractivity contribution in [3.63, 3.8) is 0 Å². The standard InChI is InChI=1S/C16H11NO7S/c1-25(21,22)24-12-6-7-13-14(9-12)23-15(16(13)18)8-10-2-4-11(5-3-10)17(19)20/h2-9H,1H3. The molecular formula is C16H11NO7S. The molecule has 8 nitrogen and oxygen atoms in total. The topological polar surface area (TPSA) is 113 Å². The van der Waals surface area contributed by atoms with Crippen LogP contribution < -0.4 is 8.92 Å². The number of hydrogen-bond acceptors (Lipinski definition) is 7. The number of ketones is 1. The van der Waals surface area contributed by atoms with Crippen molar-refractivity contribution in [3.05, 3.63) is 69.5 Å². The van der Waals surface area contributed by atoms with E-state index < -0.39 is 15.0 Å². The summed E-state index contributed by atoms with van der Waals surface area (Å²) < 4.78 is 32.5. The van der Waals surface area contributed by atoms with Crippen molar-refractivity contribution in [3.8, 4) is 11.5 Å². The lowest BCUT2D eigenvalue weighted by Crippen LogP contribution is -2.05. The Morgan fingerprint density at radius 1 is 1.16 bits per heavy atom. The smallest absolute Gasteiger partial charge is 0.306 e. The van der Waals surface area contributed by atoms with Gasteiger partial charge in [-0.25, -0.2) is 0 Å². The maximum Gasteiger partial charge on any atom is 0.306 e. The average Bonchev–Trinajstić information content (AvgIpc) is 2.82. The largest absolute Gasteiger partial charge is 0.452 e. The van der Waals surface area contributed by atoms with E-state index in [4.69, 9.17) is 8.92 Å². The van der Waals surface area contributed by atoms with Crippen molar-refractivity contribution in [1.29, 1.82) is 0 Å². The molecule has 1 aliphatic rings. The minimum Gasteiger partial charge on any atom is -0.452 e. The van der Waals surface area contributed by atoms with E-state index in [9.17, 15) is 23.3 Å². The molecule has 1 heterocycles. The summed E-state index contributed by atoms with van der Waals surface area (Å²) in [6.07, 6.45) is 2.36. The predicted octanol–water partition coefficient (Wildman–Crippen LogP) is 2.55. The van der Waals surface area contributed by atoms with E-state index >= 15 is 0 Å². The van der Waals surface area contributed by atoms with Crippen molar-refractivity contribution in [2.75, 3.05) is 6.26 Å². The molecule has 0 amide bonds. The average molecular weight is 361 g/mol. The fraction of sp³-hybridized carbons (Fsp3) is 0.0625. The molecule has 0 N–H and O–H groups in total. The SMILES string of the molecule is CS(=O)(=O)Oc1ccc2c(c1)OC(=Cc1ccc([N+](=O)[O-])cc1)C2=O. The molecule has 9 heteroatoms. The van der Waals surface area contributed by atoms with Gasteiger partial charge in [0.25, 0.3) is 5.69 Å². The third-order valence-electron chi connectivity index (χ3n) is 3.29. The first-order valence-electron chi connectivity index (χ1n) is 6.95. The second kappa shape index (κ2) is 6.02. The minimum atomic E-state index is -3.69. The monoisotopic (exact) mass is 361 g/mol. The summed E-state index contributed by atoms with van der Waals surface area (Å²) in [6, 6.07) is 9.69. The summed E-state index contributed by atoms with van der Waals surface area (Å²) in [5.74, 6) is -0.135. The van der Waals surface area contributed by atoms with Gasteiger partial charge in [0.1, 0.15) is 11.5 Å². The van der Waals surface area contributed by atoms with Gasteiger partial charge in [0.05, 0.1) is 16.7 Å². The highest BCUT2D eigenvalue weighted by Gasteiger charge is 2.28. The molecule has 1 aliphatic heterocycles. The summed E-state index contributed by atoms with van der Waals surface area (Å²) >= 11 is 0. The number of nitro groups is 1. The number of nitrogens with zero attached hydrogens (tertiary/aromatic N) is 1. The van der Waals surface area contributed by atoms with Gasteiger partial charge in [-0.2, -0.15) is 8.42 Å². The van der Waals surface area contributed by atoms with Crippen LogP contribution in [0.3, 0.4) is 0 Å².